The van der Waals surface area contributed by atoms with Crippen LogP contribution in [0.5, 0.6) is 0 Å². The lowest BCUT2D eigenvalue weighted by Gasteiger charge is -2.10. The lowest BCUT2D eigenvalue weighted by Crippen LogP contribution is -1.90. The quantitative estimate of drug-likeness (QED) is 0.644. The first-order valence-electron chi connectivity index (χ1n) is 5.31. The summed E-state index contributed by atoms with van der Waals surface area (Å²) in [5, 5.41) is 0. The fourth-order valence-corrected chi connectivity index (χ4v) is 1.80. The molecule has 0 N–H and O–H groups in total. The average Bonchev–Trinajstić information content (AvgIpc) is 2.11. The Morgan fingerprint density at radius 2 is 1.64 bits per heavy atom. The predicted octanol–water partition coefficient (Wildman–Crippen LogP) is 4.43. The van der Waals surface area contributed by atoms with Gasteiger partial charge < -0.3 is 0 Å². The molecule has 0 bridgehead atoms. The third-order valence-corrected chi connectivity index (χ3v) is 2.78. The molecular weight excluding hydrogens is 168 g/mol. The molecule has 0 spiro atoms. The topological polar surface area (TPSA) is 0 Å². The molecule has 0 aliphatic carbocycles. The summed E-state index contributed by atoms with van der Waals surface area (Å²) in [5.74, 6) is 0. The molecule has 1 aromatic carbocycles. The Kier molecular flexibility index (Phi) is 3.51. The van der Waals surface area contributed by atoms with Crippen LogP contribution in [0.2, 0.25) is 0 Å². The van der Waals surface area contributed by atoms with E-state index in [9.17, 15) is 0 Å². The highest BCUT2D eigenvalue weighted by molar-refractivity contribution is 5.67. The monoisotopic (exact) mass is 188 g/mol. The highest BCUT2D eigenvalue weighted by atomic mass is 14.1. The van der Waals surface area contributed by atoms with Crippen molar-refractivity contribution in [1.29, 1.82) is 0 Å². The van der Waals surface area contributed by atoms with Crippen molar-refractivity contribution >= 4 is 5.57 Å². The Bertz CT molecular complexity index is 357. The number of aryl methyl sites for hydroxylation is 3. The summed E-state index contributed by atoms with van der Waals surface area (Å²) >= 11 is 0. The molecule has 0 heterocycles. The highest BCUT2D eigenvalue weighted by Crippen LogP contribution is 2.22. The van der Waals surface area contributed by atoms with Gasteiger partial charge in [0, 0.05) is 0 Å². The molecule has 76 valence electrons. The van der Waals surface area contributed by atoms with Gasteiger partial charge in [0.15, 0.2) is 0 Å². The molecular formula is C14H20. The molecule has 0 saturated heterocycles. The third-order valence-electron chi connectivity index (χ3n) is 2.78. The first-order valence-corrected chi connectivity index (χ1v) is 5.31. The molecule has 0 heteroatoms. The summed E-state index contributed by atoms with van der Waals surface area (Å²) in [6.45, 7) is 10.9. The van der Waals surface area contributed by atoms with Crippen LogP contribution in [0.1, 0.15) is 42.5 Å². The average molecular weight is 188 g/mol. The van der Waals surface area contributed by atoms with Gasteiger partial charge in [0.1, 0.15) is 0 Å². The summed E-state index contributed by atoms with van der Waals surface area (Å²) in [6.07, 6.45) is 3.40. The first kappa shape index (κ1) is 11.0. The summed E-state index contributed by atoms with van der Waals surface area (Å²) < 4.78 is 0. The standard InChI is InChI=1S/C14H20/c1-6-7-10(2)14-9-12(4)11(3)8-13(14)5/h7-9H,6H2,1-5H3/b10-7-. The molecule has 0 amide bonds. The molecule has 0 radical (unpaired) electrons. The maximum Gasteiger partial charge on any atom is -0.0198 e. The molecule has 1 aromatic rings. The van der Waals surface area contributed by atoms with E-state index < -0.39 is 0 Å². The van der Waals surface area contributed by atoms with Crippen LogP contribution in [0.3, 0.4) is 0 Å². The minimum absolute atomic E-state index is 1.11. The van der Waals surface area contributed by atoms with Gasteiger partial charge in [0.25, 0.3) is 0 Å². The van der Waals surface area contributed by atoms with Crippen LogP contribution in [0.15, 0.2) is 18.2 Å². The van der Waals surface area contributed by atoms with Crippen LogP contribution in [0.25, 0.3) is 5.57 Å². The van der Waals surface area contributed by atoms with Crippen LogP contribution >= 0.6 is 0 Å². The fourth-order valence-electron chi connectivity index (χ4n) is 1.80. The van der Waals surface area contributed by atoms with Gasteiger partial charge in [-0.25, -0.2) is 0 Å². The number of hydrogen-bond donors (Lipinski definition) is 0. The first-order chi connectivity index (χ1) is 6.56. The second-order valence-electron chi connectivity index (χ2n) is 4.05. The second-order valence-corrected chi connectivity index (χ2v) is 4.05. The SMILES string of the molecule is CC/C=C(/C)c1cc(C)c(C)cc1C. The zero-order chi connectivity index (χ0) is 10.7. The third kappa shape index (κ3) is 2.25. The fraction of sp³-hybridized carbons (Fsp3) is 0.429. The van der Waals surface area contributed by atoms with Gasteiger partial charge in [0.05, 0.1) is 0 Å². The molecule has 0 saturated carbocycles. The molecule has 0 atom stereocenters. The Labute approximate surface area is 87.7 Å². The summed E-state index contributed by atoms with van der Waals surface area (Å²) in [4.78, 5) is 0. The molecule has 0 aromatic heterocycles. The van der Waals surface area contributed by atoms with Crippen molar-refractivity contribution in [1.82, 2.24) is 0 Å². The van der Waals surface area contributed by atoms with Crippen molar-refractivity contribution in [2.24, 2.45) is 0 Å². The van der Waals surface area contributed by atoms with E-state index in [1.807, 2.05) is 0 Å². The van der Waals surface area contributed by atoms with Crippen molar-refractivity contribution in [3.63, 3.8) is 0 Å². The minimum Gasteiger partial charge on any atom is -0.0813 e. The Morgan fingerprint density at radius 1 is 1.07 bits per heavy atom. The number of allylic oxidation sites excluding steroid dienone is 2. The molecule has 0 aliphatic rings. The second kappa shape index (κ2) is 4.45. The zero-order valence-corrected chi connectivity index (χ0v) is 9.94. The van der Waals surface area contributed by atoms with Crippen LogP contribution in [0, 0.1) is 20.8 Å². The van der Waals surface area contributed by atoms with Crippen molar-refractivity contribution < 1.29 is 0 Å². The van der Waals surface area contributed by atoms with E-state index >= 15 is 0 Å². The Hall–Kier alpha value is -1.04. The van der Waals surface area contributed by atoms with Crippen LogP contribution in [-0.4, -0.2) is 0 Å². The van der Waals surface area contributed by atoms with Gasteiger partial charge in [-0.15, -0.1) is 0 Å². The molecule has 0 fully saturated rings. The van der Waals surface area contributed by atoms with E-state index in [-0.39, 0.29) is 0 Å². The van der Waals surface area contributed by atoms with Crippen LogP contribution in [-0.2, 0) is 0 Å². The number of rotatable bonds is 2. The predicted molar refractivity (Wildman–Crippen MR) is 64.6 cm³/mol. The van der Waals surface area contributed by atoms with Crippen molar-refractivity contribution in [3.8, 4) is 0 Å². The normalized spacial score (nSPS) is 11.9. The molecule has 0 nitrogen and oxygen atoms in total. The largest absolute Gasteiger partial charge is 0.0813 e. The number of benzene rings is 1. The van der Waals surface area contributed by atoms with E-state index in [0.717, 1.165) is 6.42 Å². The highest BCUT2D eigenvalue weighted by Gasteiger charge is 2.02. The zero-order valence-electron chi connectivity index (χ0n) is 9.94. The van der Waals surface area contributed by atoms with Gasteiger partial charge >= 0.3 is 0 Å². The van der Waals surface area contributed by atoms with Crippen molar-refractivity contribution in [2.45, 2.75) is 41.0 Å². The van der Waals surface area contributed by atoms with E-state index in [1.54, 1.807) is 0 Å². The maximum absolute atomic E-state index is 2.30. The van der Waals surface area contributed by atoms with Gasteiger partial charge in [0.2, 0.25) is 0 Å². The maximum atomic E-state index is 2.30. The van der Waals surface area contributed by atoms with Crippen molar-refractivity contribution in [3.05, 3.63) is 40.5 Å². The van der Waals surface area contributed by atoms with Gasteiger partial charge in [-0.05, 0) is 61.9 Å². The van der Waals surface area contributed by atoms with Crippen LogP contribution < -0.4 is 0 Å². The van der Waals surface area contributed by atoms with Gasteiger partial charge in [-0.3, -0.25) is 0 Å². The minimum atomic E-state index is 1.11. The Balaban J connectivity index is 3.22. The number of hydrogen-bond acceptors (Lipinski definition) is 0. The van der Waals surface area contributed by atoms with Crippen molar-refractivity contribution in [2.75, 3.05) is 0 Å². The van der Waals surface area contributed by atoms with Gasteiger partial charge in [-0.2, -0.15) is 0 Å². The molecule has 14 heavy (non-hydrogen) atoms. The van der Waals surface area contributed by atoms with E-state index in [1.165, 1.54) is 27.8 Å². The summed E-state index contributed by atoms with van der Waals surface area (Å²) in [7, 11) is 0. The molecule has 0 aliphatic heterocycles. The smallest absolute Gasteiger partial charge is 0.0198 e. The molecule has 1 rings (SSSR count). The van der Waals surface area contributed by atoms with Crippen LogP contribution in [0.4, 0.5) is 0 Å². The van der Waals surface area contributed by atoms with E-state index in [4.69, 9.17) is 0 Å². The summed E-state index contributed by atoms with van der Waals surface area (Å²) in [6, 6.07) is 4.57. The summed E-state index contributed by atoms with van der Waals surface area (Å²) in [5.41, 5.74) is 6.95. The Morgan fingerprint density at radius 3 is 2.21 bits per heavy atom. The van der Waals surface area contributed by atoms with E-state index in [0.29, 0.717) is 0 Å². The lowest BCUT2D eigenvalue weighted by molar-refractivity contribution is 1.21. The molecule has 0 unspecified atom stereocenters. The van der Waals surface area contributed by atoms with E-state index in [2.05, 4.69) is 52.8 Å². The van der Waals surface area contributed by atoms with Gasteiger partial charge in [-0.1, -0.05) is 25.1 Å². The lowest BCUT2D eigenvalue weighted by atomic mass is 9.96.